The summed E-state index contributed by atoms with van der Waals surface area (Å²) >= 11 is 0. The Labute approximate surface area is 114 Å². The van der Waals surface area contributed by atoms with Crippen molar-refractivity contribution in [3.05, 3.63) is 17.5 Å². The first-order valence-corrected chi connectivity index (χ1v) is 7.06. The summed E-state index contributed by atoms with van der Waals surface area (Å²) in [4.78, 5) is 13.2. The second-order valence-corrected chi connectivity index (χ2v) is 5.43. The van der Waals surface area contributed by atoms with Crippen LogP contribution in [0.3, 0.4) is 0 Å². The fourth-order valence-electron chi connectivity index (χ4n) is 2.94. The maximum atomic E-state index is 10.8. The van der Waals surface area contributed by atoms with Crippen molar-refractivity contribution in [2.24, 2.45) is 5.92 Å². The Morgan fingerprint density at radius 3 is 3.05 bits per heavy atom. The molecule has 1 aromatic rings. The molecule has 1 fully saturated rings. The molecule has 0 amide bonds. The zero-order valence-electron chi connectivity index (χ0n) is 11.8. The van der Waals surface area contributed by atoms with Crippen LogP contribution in [0.4, 0.5) is 0 Å². The number of hydrogen-bond donors (Lipinski definition) is 1. The first-order chi connectivity index (χ1) is 9.08. The molecular formula is C14H23N3O2. The molecule has 0 spiro atoms. The van der Waals surface area contributed by atoms with E-state index in [1.54, 1.807) is 0 Å². The summed E-state index contributed by atoms with van der Waals surface area (Å²) in [6.07, 6.45) is 2.43. The van der Waals surface area contributed by atoms with E-state index in [4.69, 9.17) is 5.11 Å². The molecule has 0 radical (unpaired) electrons. The van der Waals surface area contributed by atoms with Gasteiger partial charge in [-0.25, -0.2) is 0 Å². The van der Waals surface area contributed by atoms with Gasteiger partial charge in [-0.1, -0.05) is 0 Å². The van der Waals surface area contributed by atoms with Crippen molar-refractivity contribution in [3.8, 4) is 0 Å². The van der Waals surface area contributed by atoms with Crippen LogP contribution < -0.4 is 0 Å². The van der Waals surface area contributed by atoms with Crippen LogP contribution in [0.25, 0.3) is 0 Å². The molecule has 1 aromatic heterocycles. The smallest absolute Gasteiger partial charge is 0.303 e. The van der Waals surface area contributed by atoms with Crippen LogP contribution in [-0.2, 0) is 17.9 Å². The number of piperidine rings is 1. The largest absolute Gasteiger partial charge is 0.481 e. The van der Waals surface area contributed by atoms with Gasteiger partial charge in [-0.15, -0.1) is 0 Å². The first kappa shape index (κ1) is 14.1. The Balaban J connectivity index is 1.96. The number of likely N-dealkylation sites (tertiary alicyclic amines) is 1. The third-order valence-electron chi connectivity index (χ3n) is 3.74. The fraction of sp³-hybridized carbons (Fsp3) is 0.714. The minimum atomic E-state index is -0.679. The van der Waals surface area contributed by atoms with Crippen LogP contribution in [0.2, 0.25) is 0 Å². The van der Waals surface area contributed by atoms with Crippen LogP contribution in [0.15, 0.2) is 6.07 Å². The van der Waals surface area contributed by atoms with Gasteiger partial charge in [-0.2, -0.15) is 5.10 Å². The summed E-state index contributed by atoms with van der Waals surface area (Å²) in [5.74, 6) is -0.383. The molecule has 0 aromatic carbocycles. The van der Waals surface area contributed by atoms with Crippen molar-refractivity contribution >= 4 is 5.97 Å². The lowest BCUT2D eigenvalue weighted by molar-refractivity contribution is -0.138. The maximum absolute atomic E-state index is 10.8. The summed E-state index contributed by atoms with van der Waals surface area (Å²) in [5.41, 5.74) is 2.28. The van der Waals surface area contributed by atoms with E-state index < -0.39 is 5.97 Å². The molecule has 106 valence electrons. The SMILES string of the molecule is CCn1nc(C)cc1CN1CCCC(CC(=O)O)C1. The number of carboxylic acid groups (broad SMARTS) is 1. The van der Waals surface area contributed by atoms with Gasteiger partial charge in [0.2, 0.25) is 0 Å². The van der Waals surface area contributed by atoms with Gasteiger partial charge in [0.15, 0.2) is 0 Å². The Hall–Kier alpha value is -1.36. The second kappa shape index (κ2) is 6.19. The highest BCUT2D eigenvalue weighted by Gasteiger charge is 2.22. The number of carboxylic acids is 1. The lowest BCUT2D eigenvalue weighted by Crippen LogP contribution is -2.36. The van der Waals surface area contributed by atoms with Crippen molar-refractivity contribution in [2.75, 3.05) is 13.1 Å². The summed E-state index contributed by atoms with van der Waals surface area (Å²) < 4.78 is 2.04. The number of carbonyl (C=O) groups is 1. The molecule has 0 aliphatic carbocycles. The van der Waals surface area contributed by atoms with Gasteiger partial charge in [0.25, 0.3) is 0 Å². The molecule has 1 aliphatic rings. The van der Waals surface area contributed by atoms with E-state index in [2.05, 4.69) is 23.0 Å². The van der Waals surface area contributed by atoms with Gasteiger partial charge in [0.1, 0.15) is 0 Å². The van der Waals surface area contributed by atoms with E-state index in [0.717, 1.165) is 44.7 Å². The topological polar surface area (TPSA) is 58.4 Å². The molecular weight excluding hydrogens is 242 g/mol. The predicted octanol–water partition coefficient (Wildman–Crippen LogP) is 1.90. The van der Waals surface area contributed by atoms with Crippen molar-refractivity contribution < 1.29 is 9.90 Å². The molecule has 0 bridgehead atoms. The monoisotopic (exact) mass is 265 g/mol. The van der Waals surface area contributed by atoms with Crippen LogP contribution in [-0.4, -0.2) is 38.8 Å². The molecule has 1 N–H and O–H groups in total. The van der Waals surface area contributed by atoms with E-state index in [-0.39, 0.29) is 0 Å². The molecule has 1 unspecified atom stereocenters. The van der Waals surface area contributed by atoms with Crippen LogP contribution in [0.5, 0.6) is 0 Å². The molecule has 2 rings (SSSR count). The van der Waals surface area contributed by atoms with Crippen LogP contribution in [0, 0.1) is 12.8 Å². The minimum Gasteiger partial charge on any atom is -0.481 e. The molecule has 1 atom stereocenters. The summed E-state index contributed by atoms with van der Waals surface area (Å²) in [6, 6.07) is 2.13. The van der Waals surface area contributed by atoms with Gasteiger partial charge >= 0.3 is 5.97 Å². The predicted molar refractivity (Wildman–Crippen MR) is 72.9 cm³/mol. The van der Waals surface area contributed by atoms with Crippen LogP contribution in [0.1, 0.15) is 37.6 Å². The van der Waals surface area contributed by atoms with Gasteiger partial charge in [0.05, 0.1) is 11.4 Å². The average Bonchev–Trinajstić information content (AvgIpc) is 2.69. The van der Waals surface area contributed by atoms with Crippen molar-refractivity contribution in [1.29, 1.82) is 0 Å². The van der Waals surface area contributed by atoms with Crippen LogP contribution >= 0.6 is 0 Å². The molecule has 5 nitrogen and oxygen atoms in total. The first-order valence-electron chi connectivity index (χ1n) is 7.06. The van der Waals surface area contributed by atoms with E-state index in [0.29, 0.717) is 12.3 Å². The molecule has 0 saturated carbocycles. The van der Waals surface area contributed by atoms with Gasteiger partial charge < -0.3 is 5.11 Å². The van der Waals surface area contributed by atoms with E-state index in [9.17, 15) is 4.79 Å². The molecule has 19 heavy (non-hydrogen) atoms. The Morgan fingerprint density at radius 2 is 2.37 bits per heavy atom. The standard InChI is InChI=1S/C14H23N3O2/c1-3-17-13(7-11(2)15-17)10-16-6-4-5-12(9-16)8-14(18)19/h7,12H,3-6,8-10H2,1-2H3,(H,18,19). The van der Waals surface area contributed by atoms with Crippen molar-refractivity contribution in [1.82, 2.24) is 14.7 Å². The number of aromatic nitrogens is 2. The van der Waals surface area contributed by atoms with Gasteiger partial charge in [0, 0.05) is 26.1 Å². The number of rotatable bonds is 5. The highest BCUT2D eigenvalue weighted by molar-refractivity contribution is 5.67. The lowest BCUT2D eigenvalue weighted by Gasteiger charge is -2.32. The van der Waals surface area contributed by atoms with E-state index >= 15 is 0 Å². The minimum absolute atomic E-state index is 0.294. The second-order valence-electron chi connectivity index (χ2n) is 5.43. The number of nitrogens with zero attached hydrogens (tertiary/aromatic N) is 3. The zero-order chi connectivity index (χ0) is 13.8. The molecule has 5 heteroatoms. The third-order valence-corrected chi connectivity index (χ3v) is 3.74. The molecule has 1 saturated heterocycles. The Kier molecular flexibility index (Phi) is 4.58. The van der Waals surface area contributed by atoms with Crippen molar-refractivity contribution in [3.63, 3.8) is 0 Å². The van der Waals surface area contributed by atoms with Crippen molar-refractivity contribution in [2.45, 2.75) is 46.2 Å². The highest BCUT2D eigenvalue weighted by atomic mass is 16.4. The normalized spacial score (nSPS) is 20.6. The van der Waals surface area contributed by atoms with Gasteiger partial charge in [-0.05, 0) is 45.2 Å². The fourth-order valence-corrected chi connectivity index (χ4v) is 2.94. The summed E-state index contributed by atoms with van der Waals surface area (Å²) in [6.45, 7) is 7.82. The maximum Gasteiger partial charge on any atom is 0.303 e. The number of aliphatic carboxylic acids is 1. The number of hydrogen-bond acceptors (Lipinski definition) is 3. The summed E-state index contributed by atoms with van der Waals surface area (Å²) in [5, 5.41) is 13.4. The lowest BCUT2D eigenvalue weighted by atomic mass is 9.95. The third kappa shape index (κ3) is 3.80. The quantitative estimate of drug-likeness (QED) is 0.883. The molecule has 2 heterocycles. The highest BCUT2D eigenvalue weighted by Crippen LogP contribution is 2.21. The van der Waals surface area contributed by atoms with E-state index in [1.807, 2.05) is 11.6 Å². The number of aryl methyl sites for hydroxylation is 2. The summed E-state index contributed by atoms with van der Waals surface area (Å²) in [7, 11) is 0. The Bertz CT molecular complexity index is 442. The zero-order valence-corrected chi connectivity index (χ0v) is 11.8. The van der Waals surface area contributed by atoms with Gasteiger partial charge in [-0.3, -0.25) is 14.4 Å². The Morgan fingerprint density at radius 1 is 1.58 bits per heavy atom. The molecule has 1 aliphatic heterocycles. The average molecular weight is 265 g/mol. The van der Waals surface area contributed by atoms with E-state index in [1.165, 1.54) is 5.69 Å².